The highest BCUT2D eigenvalue weighted by Gasteiger charge is 2.43. The number of hydrogen-bond acceptors (Lipinski definition) is 4. The van der Waals surface area contributed by atoms with Crippen molar-refractivity contribution < 1.29 is 19.0 Å². The van der Waals surface area contributed by atoms with Crippen LogP contribution in [0, 0.1) is 5.82 Å². The molecule has 128 valence electrons. The molecule has 0 aliphatic carbocycles. The molecule has 0 bridgehead atoms. The summed E-state index contributed by atoms with van der Waals surface area (Å²) in [6, 6.07) is 3.35. The minimum atomic E-state index is -0.633. The molecule has 3 N–H and O–H groups in total. The molecule has 1 amide bonds. The van der Waals surface area contributed by atoms with Crippen LogP contribution in [0.2, 0.25) is 0 Å². The van der Waals surface area contributed by atoms with Gasteiger partial charge in [-0.2, -0.15) is 0 Å². The van der Waals surface area contributed by atoms with E-state index in [0.717, 1.165) is 50.9 Å². The van der Waals surface area contributed by atoms with Crippen molar-refractivity contribution in [3.05, 3.63) is 29.6 Å². The molecule has 1 unspecified atom stereocenters. The highest BCUT2D eigenvalue weighted by atomic mass is 35.5. The van der Waals surface area contributed by atoms with Crippen LogP contribution in [0.3, 0.4) is 0 Å². The van der Waals surface area contributed by atoms with Crippen LogP contribution in [0.25, 0.3) is 0 Å². The number of amides is 1. The molecule has 1 spiro atoms. The number of aromatic hydroxyl groups is 1. The number of rotatable bonds is 2. The summed E-state index contributed by atoms with van der Waals surface area (Å²) in [5, 5.41) is 15.7. The van der Waals surface area contributed by atoms with Crippen LogP contribution in [0.1, 0.15) is 36.0 Å². The highest BCUT2D eigenvalue weighted by molar-refractivity contribution is 5.95. The lowest BCUT2D eigenvalue weighted by Gasteiger charge is -2.46. The first-order chi connectivity index (χ1) is 10.6. The van der Waals surface area contributed by atoms with Crippen molar-refractivity contribution in [2.24, 2.45) is 0 Å². The lowest BCUT2D eigenvalue weighted by molar-refractivity contribution is -0.114. The summed E-state index contributed by atoms with van der Waals surface area (Å²) >= 11 is 0. The zero-order chi connectivity index (χ0) is 15.6. The number of phenols is 1. The van der Waals surface area contributed by atoms with Crippen LogP contribution >= 0.6 is 12.4 Å². The molecular formula is C16H22ClFN2O3. The van der Waals surface area contributed by atoms with E-state index in [1.807, 2.05) is 0 Å². The largest absolute Gasteiger partial charge is 0.508 e. The van der Waals surface area contributed by atoms with Gasteiger partial charge >= 0.3 is 0 Å². The first kappa shape index (κ1) is 18.0. The first-order valence-corrected chi connectivity index (χ1v) is 7.75. The van der Waals surface area contributed by atoms with Crippen molar-refractivity contribution in [3.63, 3.8) is 0 Å². The Balaban J connectivity index is 0.00000192. The minimum Gasteiger partial charge on any atom is -0.508 e. The monoisotopic (exact) mass is 344 g/mol. The maximum Gasteiger partial charge on any atom is 0.254 e. The van der Waals surface area contributed by atoms with Gasteiger partial charge in [0.2, 0.25) is 0 Å². The number of halogens is 2. The Labute approximate surface area is 141 Å². The SMILES string of the molecule is Cl.O=C(NC1CCCOC12CCNCC2)c1cc(O)ccc1F. The van der Waals surface area contributed by atoms with Crippen LogP contribution in [0.4, 0.5) is 4.39 Å². The minimum absolute atomic E-state index is 0. The van der Waals surface area contributed by atoms with E-state index in [9.17, 15) is 14.3 Å². The van der Waals surface area contributed by atoms with Crippen LogP contribution in [-0.2, 0) is 4.74 Å². The smallest absolute Gasteiger partial charge is 0.254 e. The van der Waals surface area contributed by atoms with Crippen LogP contribution in [-0.4, -0.2) is 42.4 Å². The first-order valence-electron chi connectivity index (χ1n) is 7.75. The topological polar surface area (TPSA) is 70.6 Å². The van der Waals surface area contributed by atoms with Gasteiger partial charge in [-0.15, -0.1) is 12.4 Å². The predicted molar refractivity (Wildman–Crippen MR) is 86.6 cm³/mol. The lowest BCUT2D eigenvalue weighted by Crippen LogP contribution is -2.60. The van der Waals surface area contributed by atoms with E-state index < -0.39 is 11.7 Å². The Morgan fingerprint density at radius 2 is 2.13 bits per heavy atom. The van der Waals surface area contributed by atoms with Gasteiger partial charge in [-0.3, -0.25) is 4.79 Å². The number of ether oxygens (including phenoxy) is 1. The summed E-state index contributed by atoms with van der Waals surface area (Å²) in [4.78, 5) is 12.4. The molecule has 2 aliphatic heterocycles. The molecular weight excluding hydrogens is 323 g/mol. The van der Waals surface area contributed by atoms with Gasteiger partial charge in [0.05, 0.1) is 17.2 Å². The van der Waals surface area contributed by atoms with Crippen molar-refractivity contribution >= 4 is 18.3 Å². The molecule has 0 aromatic heterocycles. The van der Waals surface area contributed by atoms with E-state index >= 15 is 0 Å². The zero-order valence-electron chi connectivity index (χ0n) is 12.8. The number of hydrogen-bond donors (Lipinski definition) is 3. The molecule has 2 heterocycles. The Morgan fingerprint density at radius 3 is 2.87 bits per heavy atom. The number of carbonyl (C=O) groups excluding carboxylic acids is 1. The van der Waals surface area contributed by atoms with Crippen LogP contribution in [0.15, 0.2) is 18.2 Å². The second-order valence-corrected chi connectivity index (χ2v) is 6.00. The van der Waals surface area contributed by atoms with E-state index in [1.54, 1.807) is 0 Å². The molecule has 5 nitrogen and oxygen atoms in total. The lowest BCUT2D eigenvalue weighted by atomic mass is 9.80. The van der Waals surface area contributed by atoms with Gasteiger partial charge in [-0.25, -0.2) is 4.39 Å². The van der Waals surface area contributed by atoms with Crippen molar-refractivity contribution in [1.82, 2.24) is 10.6 Å². The Hall–Kier alpha value is -1.37. The molecule has 0 radical (unpaired) electrons. The summed E-state index contributed by atoms with van der Waals surface area (Å²) in [6.07, 6.45) is 3.37. The number of phenolic OH excluding ortho intramolecular Hbond substituents is 1. The summed E-state index contributed by atoms with van der Waals surface area (Å²) in [5.74, 6) is -1.25. The van der Waals surface area contributed by atoms with E-state index in [2.05, 4.69) is 10.6 Å². The highest BCUT2D eigenvalue weighted by Crippen LogP contribution is 2.33. The molecule has 3 rings (SSSR count). The zero-order valence-corrected chi connectivity index (χ0v) is 13.6. The van der Waals surface area contributed by atoms with E-state index in [0.29, 0.717) is 6.61 Å². The molecule has 2 fully saturated rings. The second-order valence-electron chi connectivity index (χ2n) is 6.00. The van der Waals surface area contributed by atoms with Crippen LogP contribution in [0.5, 0.6) is 5.75 Å². The molecule has 7 heteroatoms. The number of nitrogens with one attached hydrogen (secondary N) is 2. The van der Waals surface area contributed by atoms with Gasteiger partial charge in [0.1, 0.15) is 11.6 Å². The van der Waals surface area contributed by atoms with Crippen LogP contribution < -0.4 is 10.6 Å². The third kappa shape index (κ3) is 3.76. The fourth-order valence-corrected chi connectivity index (χ4v) is 3.40. The van der Waals surface area contributed by atoms with Crippen molar-refractivity contribution in [1.29, 1.82) is 0 Å². The Bertz CT molecular complexity index is 556. The molecule has 1 aromatic rings. The van der Waals surface area contributed by atoms with Crippen molar-refractivity contribution in [2.75, 3.05) is 19.7 Å². The standard InChI is InChI=1S/C16H21FN2O3.ClH/c17-13-4-3-11(20)10-12(13)15(21)19-14-2-1-9-22-16(14)5-7-18-8-6-16;/h3-4,10,14,18,20H,1-2,5-9H2,(H,19,21);1H. The number of benzene rings is 1. The third-order valence-electron chi connectivity index (χ3n) is 4.61. The molecule has 0 saturated carbocycles. The van der Waals surface area contributed by atoms with E-state index in [4.69, 9.17) is 4.74 Å². The quantitative estimate of drug-likeness (QED) is 0.767. The van der Waals surface area contributed by atoms with Gasteiger partial charge in [-0.05, 0) is 57.0 Å². The van der Waals surface area contributed by atoms with Gasteiger partial charge in [0, 0.05) is 6.61 Å². The number of carbonyl (C=O) groups is 1. The fraction of sp³-hybridized carbons (Fsp3) is 0.562. The molecule has 1 aromatic carbocycles. The van der Waals surface area contributed by atoms with Gasteiger partial charge in [0.25, 0.3) is 5.91 Å². The van der Waals surface area contributed by atoms with Crippen molar-refractivity contribution in [3.8, 4) is 5.75 Å². The molecule has 1 atom stereocenters. The van der Waals surface area contributed by atoms with Gasteiger partial charge in [0.15, 0.2) is 0 Å². The normalized spacial score (nSPS) is 23.1. The van der Waals surface area contributed by atoms with Crippen molar-refractivity contribution in [2.45, 2.75) is 37.3 Å². The average Bonchev–Trinajstić information content (AvgIpc) is 2.53. The number of piperidine rings is 1. The third-order valence-corrected chi connectivity index (χ3v) is 4.61. The maximum absolute atomic E-state index is 13.8. The molecule has 23 heavy (non-hydrogen) atoms. The maximum atomic E-state index is 13.8. The average molecular weight is 345 g/mol. The fourth-order valence-electron chi connectivity index (χ4n) is 3.40. The Kier molecular flexibility index (Phi) is 5.84. The van der Waals surface area contributed by atoms with E-state index in [1.165, 1.54) is 6.07 Å². The summed E-state index contributed by atoms with van der Waals surface area (Å²) < 4.78 is 19.8. The summed E-state index contributed by atoms with van der Waals surface area (Å²) in [7, 11) is 0. The Morgan fingerprint density at radius 1 is 1.39 bits per heavy atom. The van der Waals surface area contributed by atoms with Gasteiger partial charge < -0.3 is 20.5 Å². The molecule has 2 aliphatic rings. The second kappa shape index (κ2) is 7.47. The van der Waals surface area contributed by atoms with Gasteiger partial charge in [-0.1, -0.05) is 0 Å². The summed E-state index contributed by atoms with van der Waals surface area (Å²) in [5.41, 5.74) is -0.485. The predicted octanol–water partition coefficient (Wildman–Crippen LogP) is 1.98. The molecule has 2 saturated heterocycles. The summed E-state index contributed by atoms with van der Waals surface area (Å²) in [6.45, 7) is 2.41. The van der Waals surface area contributed by atoms with E-state index in [-0.39, 0.29) is 35.4 Å².